The minimum absolute atomic E-state index is 0.0736. The van der Waals surface area contributed by atoms with E-state index in [9.17, 15) is 4.39 Å². The van der Waals surface area contributed by atoms with Gasteiger partial charge in [-0.3, -0.25) is 0 Å². The maximum absolute atomic E-state index is 14.5. The largest absolute Gasteiger partial charge is 0.207 e. The molecule has 2 aliphatic rings. The second-order valence-electron chi connectivity index (χ2n) is 7.44. The van der Waals surface area contributed by atoms with E-state index in [2.05, 4.69) is 44.2 Å². The van der Waals surface area contributed by atoms with Crippen molar-refractivity contribution in [1.82, 2.24) is 0 Å². The number of hydrogen-bond acceptors (Lipinski definition) is 0. The van der Waals surface area contributed by atoms with Gasteiger partial charge in [-0.15, -0.1) is 0 Å². The van der Waals surface area contributed by atoms with Gasteiger partial charge in [0.25, 0.3) is 0 Å². The van der Waals surface area contributed by atoms with Crippen LogP contribution in [0.15, 0.2) is 54.6 Å². The molecule has 0 aromatic heterocycles. The van der Waals surface area contributed by atoms with Gasteiger partial charge in [0.1, 0.15) is 5.82 Å². The summed E-state index contributed by atoms with van der Waals surface area (Å²) in [6.07, 6.45) is 3.67. The first kappa shape index (κ1) is 14.9. The molecule has 0 amide bonds. The second kappa shape index (κ2) is 5.47. The van der Waals surface area contributed by atoms with Crippen molar-refractivity contribution >= 4 is 0 Å². The molecule has 1 heteroatoms. The van der Waals surface area contributed by atoms with Gasteiger partial charge in [0.05, 0.1) is 0 Å². The van der Waals surface area contributed by atoms with Crippen molar-refractivity contribution < 1.29 is 4.39 Å². The van der Waals surface area contributed by atoms with Crippen LogP contribution in [-0.4, -0.2) is 0 Å². The molecule has 0 aliphatic heterocycles. The lowest BCUT2D eigenvalue weighted by atomic mass is 9.68. The van der Waals surface area contributed by atoms with Crippen LogP contribution in [0, 0.1) is 34.9 Å². The summed E-state index contributed by atoms with van der Waals surface area (Å²) >= 11 is 0. The lowest BCUT2D eigenvalue weighted by Crippen LogP contribution is -2.27. The fourth-order valence-electron chi connectivity index (χ4n) is 5.13. The molecule has 4 rings (SSSR count). The molecule has 2 aromatic carbocycles. The van der Waals surface area contributed by atoms with E-state index in [4.69, 9.17) is 0 Å². The Labute approximate surface area is 138 Å². The lowest BCUT2D eigenvalue weighted by Gasteiger charge is -2.35. The van der Waals surface area contributed by atoms with E-state index >= 15 is 0 Å². The van der Waals surface area contributed by atoms with Gasteiger partial charge < -0.3 is 0 Å². The number of hydrogen-bond donors (Lipinski definition) is 0. The Bertz CT molecular complexity index is 688. The predicted octanol–water partition coefficient (Wildman–Crippen LogP) is 5.83. The molecule has 2 radical (unpaired) electrons. The molecule has 118 valence electrons. The van der Waals surface area contributed by atoms with E-state index in [0.717, 1.165) is 5.56 Å². The minimum atomic E-state index is -0.0840. The third-order valence-corrected chi connectivity index (χ3v) is 5.85. The summed E-state index contributed by atoms with van der Waals surface area (Å²) in [6.45, 7) is 4.57. The normalized spacial score (nSPS) is 27.3. The summed E-state index contributed by atoms with van der Waals surface area (Å²) in [6, 6.07) is 18.1. The van der Waals surface area contributed by atoms with E-state index in [-0.39, 0.29) is 11.2 Å². The quantitative estimate of drug-likeness (QED) is 0.655. The van der Waals surface area contributed by atoms with E-state index in [1.165, 1.54) is 36.7 Å². The average molecular weight is 306 g/mol. The summed E-state index contributed by atoms with van der Waals surface area (Å²) in [5.74, 6) is 3.82. The van der Waals surface area contributed by atoms with Gasteiger partial charge in [0, 0.05) is 11.8 Å². The molecule has 2 saturated carbocycles. The van der Waals surface area contributed by atoms with Gasteiger partial charge in [0.15, 0.2) is 0 Å². The Morgan fingerprint density at radius 1 is 0.826 bits per heavy atom. The Balaban J connectivity index is 1.83. The summed E-state index contributed by atoms with van der Waals surface area (Å²) < 4.78 is 14.5. The molecule has 2 aromatic rings. The van der Waals surface area contributed by atoms with Crippen molar-refractivity contribution in [2.24, 2.45) is 17.3 Å². The zero-order valence-corrected chi connectivity index (χ0v) is 13.9. The van der Waals surface area contributed by atoms with Gasteiger partial charge in [-0.1, -0.05) is 68.8 Å². The van der Waals surface area contributed by atoms with Crippen LogP contribution in [0.4, 0.5) is 4.39 Å². The minimum Gasteiger partial charge on any atom is -0.207 e. The van der Waals surface area contributed by atoms with Crippen LogP contribution in [-0.2, 0) is 0 Å². The van der Waals surface area contributed by atoms with Crippen molar-refractivity contribution in [3.05, 3.63) is 83.4 Å². The van der Waals surface area contributed by atoms with Gasteiger partial charge >= 0.3 is 0 Å². The van der Waals surface area contributed by atoms with Crippen molar-refractivity contribution in [1.29, 1.82) is 0 Å². The van der Waals surface area contributed by atoms with Gasteiger partial charge in [-0.05, 0) is 47.3 Å². The lowest BCUT2D eigenvalue weighted by molar-refractivity contribution is 0.429. The average Bonchev–Trinajstić information content (AvgIpc) is 3.06. The van der Waals surface area contributed by atoms with E-state index in [1.807, 2.05) is 12.1 Å². The first-order chi connectivity index (χ1) is 11.1. The van der Waals surface area contributed by atoms with Crippen LogP contribution in [0.2, 0.25) is 0 Å². The molecule has 23 heavy (non-hydrogen) atoms. The molecule has 0 N–H and O–H groups in total. The zero-order valence-electron chi connectivity index (χ0n) is 13.9. The van der Waals surface area contributed by atoms with Crippen LogP contribution in [0.1, 0.15) is 44.2 Å². The number of benzene rings is 2. The first-order valence-corrected chi connectivity index (χ1v) is 8.65. The highest BCUT2D eigenvalue weighted by molar-refractivity contribution is 5.52. The summed E-state index contributed by atoms with van der Waals surface area (Å²) in [5, 5.41) is 0. The SMILES string of the molecule is CC1(C)[C](c2ccccc2)C2CCCC2[C]1c1ccccc1F. The predicted molar refractivity (Wildman–Crippen MR) is 92.1 cm³/mol. The highest BCUT2D eigenvalue weighted by Gasteiger charge is 2.58. The standard InChI is InChI=1S/C22H23F/c1-22(2)20(15-9-4-3-5-10-15)16-12-8-13-17(16)21(22)18-11-6-7-14-19(18)23/h3-7,9-11,14,16-17H,8,12-13H2,1-2H3. The van der Waals surface area contributed by atoms with Crippen molar-refractivity contribution in [2.45, 2.75) is 33.1 Å². The van der Waals surface area contributed by atoms with Crippen molar-refractivity contribution in [3.8, 4) is 0 Å². The summed E-state index contributed by atoms with van der Waals surface area (Å²) in [7, 11) is 0. The van der Waals surface area contributed by atoms with Gasteiger partial charge in [-0.25, -0.2) is 4.39 Å². The van der Waals surface area contributed by atoms with Crippen molar-refractivity contribution in [2.75, 3.05) is 0 Å². The smallest absolute Gasteiger partial charge is 0.127 e. The highest BCUT2D eigenvalue weighted by atomic mass is 19.1. The molecule has 2 atom stereocenters. The van der Waals surface area contributed by atoms with Crippen LogP contribution in [0.3, 0.4) is 0 Å². The molecule has 0 heterocycles. The van der Waals surface area contributed by atoms with E-state index in [0.29, 0.717) is 11.8 Å². The molecule has 2 unspecified atom stereocenters. The molecule has 2 aliphatic carbocycles. The molecule has 0 bridgehead atoms. The van der Waals surface area contributed by atoms with Gasteiger partial charge in [0.2, 0.25) is 0 Å². The third kappa shape index (κ3) is 2.24. The van der Waals surface area contributed by atoms with E-state index in [1.54, 1.807) is 12.1 Å². The Morgan fingerprint density at radius 2 is 1.43 bits per heavy atom. The van der Waals surface area contributed by atoms with Gasteiger partial charge in [-0.2, -0.15) is 0 Å². The number of fused-ring (bicyclic) bond motifs is 1. The Kier molecular flexibility index (Phi) is 3.55. The maximum Gasteiger partial charge on any atom is 0.127 e. The molecule has 0 nitrogen and oxygen atoms in total. The zero-order chi connectivity index (χ0) is 16.0. The first-order valence-electron chi connectivity index (χ1n) is 8.65. The molecule has 0 saturated heterocycles. The second-order valence-corrected chi connectivity index (χ2v) is 7.44. The van der Waals surface area contributed by atoms with Crippen LogP contribution in [0.5, 0.6) is 0 Å². The Morgan fingerprint density at radius 3 is 2.13 bits per heavy atom. The maximum atomic E-state index is 14.5. The monoisotopic (exact) mass is 306 g/mol. The summed E-state index contributed by atoms with van der Waals surface area (Å²) in [4.78, 5) is 0. The molecular formula is C22H23F. The third-order valence-electron chi connectivity index (χ3n) is 5.85. The Hall–Kier alpha value is -1.63. The van der Waals surface area contributed by atoms with Crippen LogP contribution in [0.25, 0.3) is 0 Å². The fraction of sp³-hybridized carbons (Fsp3) is 0.364. The molecule has 0 spiro atoms. The molecule has 2 fully saturated rings. The van der Waals surface area contributed by atoms with Crippen LogP contribution < -0.4 is 0 Å². The topological polar surface area (TPSA) is 0 Å². The van der Waals surface area contributed by atoms with Crippen LogP contribution >= 0.6 is 0 Å². The molecular weight excluding hydrogens is 283 g/mol. The highest BCUT2D eigenvalue weighted by Crippen LogP contribution is 2.66. The number of rotatable bonds is 2. The fourth-order valence-corrected chi connectivity index (χ4v) is 5.13. The number of halogens is 1. The summed E-state index contributed by atoms with van der Waals surface area (Å²) in [5.41, 5.74) is 2.08. The van der Waals surface area contributed by atoms with E-state index < -0.39 is 0 Å². The van der Waals surface area contributed by atoms with Crippen molar-refractivity contribution in [3.63, 3.8) is 0 Å².